The maximum absolute atomic E-state index is 12.5. The fourth-order valence-corrected chi connectivity index (χ4v) is 4.21. The third-order valence-electron chi connectivity index (χ3n) is 5.33. The predicted molar refractivity (Wildman–Crippen MR) is 126 cm³/mol. The number of amides is 2. The van der Waals surface area contributed by atoms with Gasteiger partial charge in [-0.1, -0.05) is 11.8 Å². The van der Waals surface area contributed by atoms with Crippen LogP contribution in [0.2, 0.25) is 0 Å². The van der Waals surface area contributed by atoms with E-state index in [0.717, 1.165) is 49.0 Å². The monoisotopic (exact) mass is 467 g/mol. The van der Waals surface area contributed by atoms with Crippen LogP contribution in [0.25, 0.3) is 5.69 Å². The summed E-state index contributed by atoms with van der Waals surface area (Å²) in [6.07, 6.45) is 0. The maximum Gasteiger partial charge on any atom is 0.234 e. The van der Waals surface area contributed by atoms with Gasteiger partial charge in [0.2, 0.25) is 17.0 Å². The van der Waals surface area contributed by atoms with Gasteiger partial charge >= 0.3 is 0 Å². The summed E-state index contributed by atoms with van der Waals surface area (Å²) in [5, 5.41) is 15.2. The Hall–Kier alpha value is -3.60. The number of anilines is 2. The van der Waals surface area contributed by atoms with E-state index in [1.54, 1.807) is 18.7 Å². The molecule has 172 valence electrons. The zero-order valence-corrected chi connectivity index (χ0v) is 19.3. The van der Waals surface area contributed by atoms with Crippen LogP contribution in [0, 0.1) is 0 Å². The molecule has 3 aromatic rings. The molecular formula is C22H25N7O3S. The van der Waals surface area contributed by atoms with Crippen LogP contribution in [0.4, 0.5) is 11.4 Å². The minimum atomic E-state index is -0.146. The van der Waals surface area contributed by atoms with Gasteiger partial charge in [-0.25, -0.2) is 0 Å². The van der Waals surface area contributed by atoms with E-state index in [4.69, 9.17) is 4.74 Å². The van der Waals surface area contributed by atoms with Crippen molar-refractivity contribution in [3.8, 4) is 11.4 Å². The predicted octanol–water partition coefficient (Wildman–Crippen LogP) is 2.07. The van der Waals surface area contributed by atoms with Gasteiger partial charge in [-0.2, -0.15) is 4.68 Å². The van der Waals surface area contributed by atoms with Gasteiger partial charge in [0.05, 0.1) is 18.6 Å². The van der Waals surface area contributed by atoms with Gasteiger partial charge in [-0.3, -0.25) is 9.59 Å². The molecule has 2 aromatic carbocycles. The highest BCUT2D eigenvalue weighted by atomic mass is 32.2. The maximum atomic E-state index is 12.5. The molecule has 11 heteroatoms. The molecule has 0 unspecified atom stereocenters. The Kier molecular flexibility index (Phi) is 7.08. The molecule has 4 rings (SSSR count). The summed E-state index contributed by atoms with van der Waals surface area (Å²) in [5.74, 6) is 0.881. The van der Waals surface area contributed by atoms with Crippen molar-refractivity contribution in [1.82, 2.24) is 25.1 Å². The number of hydrogen-bond acceptors (Lipinski definition) is 8. The quantitative estimate of drug-likeness (QED) is 0.527. The van der Waals surface area contributed by atoms with Crippen molar-refractivity contribution in [3.63, 3.8) is 0 Å². The number of nitrogens with zero attached hydrogens (tertiary/aromatic N) is 6. The number of ether oxygens (including phenoxy) is 1. The summed E-state index contributed by atoms with van der Waals surface area (Å²) < 4.78 is 6.75. The smallest absolute Gasteiger partial charge is 0.234 e. The lowest BCUT2D eigenvalue weighted by atomic mass is 10.2. The highest BCUT2D eigenvalue weighted by Gasteiger charge is 2.19. The highest BCUT2D eigenvalue weighted by Crippen LogP contribution is 2.22. The number of tetrazole rings is 1. The molecule has 10 nitrogen and oxygen atoms in total. The third kappa shape index (κ3) is 5.61. The molecule has 0 saturated carbocycles. The summed E-state index contributed by atoms with van der Waals surface area (Å²) in [7, 11) is 1.61. The zero-order valence-electron chi connectivity index (χ0n) is 18.5. The molecule has 0 bridgehead atoms. The van der Waals surface area contributed by atoms with E-state index >= 15 is 0 Å². The first kappa shape index (κ1) is 22.6. The van der Waals surface area contributed by atoms with Crippen LogP contribution < -0.4 is 15.0 Å². The average molecular weight is 468 g/mol. The third-order valence-corrected chi connectivity index (χ3v) is 6.25. The number of aromatic nitrogens is 4. The van der Waals surface area contributed by atoms with Crippen LogP contribution in [-0.2, 0) is 9.59 Å². The molecular weight excluding hydrogens is 442 g/mol. The van der Waals surface area contributed by atoms with Gasteiger partial charge in [0.15, 0.2) is 0 Å². The van der Waals surface area contributed by atoms with E-state index in [0.29, 0.717) is 5.16 Å². The van der Waals surface area contributed by atoms with Gasteiger partial charge < -0.3 is 19.9 Å². The van der Waals surface area contributed by atoms with Crippen molar-refractivity contribution in [1.29, 1.82) is 0 Å². The largest absolute Gasteiger partial charge is 0.497 e. The van der Waals surface area contributed by atoms with Crippen LogP contribution >= 0.6 is 11.8 Å². The van der Waals surface area contributed by atoms with E-state index < -0.39 is 0 Å². The van der Waals surface area contributed by atoms with Crippen molar-refractivity contribution in [2.24, 2.45) is 0 Å². The first-order chi connectivity index (χ1) is 16.0. The Morgan fingerprint density at radius 1 is 1.00 bits per heavy atom. The SMILES string of the molecule is COc1ccc(-n2nnnc2SCC(=O)Nc2ccc(N3CCN(C(C)=O)CC3)cc2)cc1. The van der Waals surface area contributed by atoms with Gasteiger partial charge in [0.25, 0.3) is 0 Å². The number of carbonyl (C=O) groups is 2. The molecule has 0 aliphatic carbocycles. The van der Waals surface area contributed by atoms with E-state index in [9.17, 15) is 9.59 Å². The molecule has 2 heterocycles. The van der Waals surface area contributed by atoms with Crippen LogP contribution in [0.5, 0.6) is 5.75 Å². The Morgan fingerprint density at radius 2 is 1.67 bits per heavy atom. The Balaban J connectivity index is 1.29. The van der Waals surface area contributed by atoms with Gasteiger partial charge in [0, 0.05) is 44.5 Å². The second-order valence-electron chi connectivity index (χ2n) is 7.45. The number of benzene rings is 2. The summed E-state index contributed by atoms with van der Waals surface area (Å²) in [6, 6.07) is 15.1. The second kappa shape index (κ2) is 10.3. The lowest BCUT2D eigenvalue weighted by molar-refractivity contribution is -0.129. The Morgan fingerprint density at radius 3 is 2.30 bits per heavy atom. The summed E-state index contributed by atoms with van der Waals surface area (Å²) in [5.41, 5.74) is 2.58. The van der Waals surface area contributed by atoms with E-state index in [2.05, 4.69) is 25.7 Å². The Labute approximate surface area is 195 Å². The fourth-order valence-electron chi connectivity index (χ4n) is 3.52. The van der Waals surface area contributed by atoms with Gasteiger partial charge in [-0.05, 0) is 59.0 Å². The standard InChI is InChI=1S/C22H25N7O3S/c1-16(30)27-11-13-28(14-12-27)18-5-3-17(4-6-18)23-21(31)15-33-22-24-25-26-29(22)19-7-9-20(32-2)10-8-19/h3-10H,11-15H2,1-2H3,(H,23,31). The van der Waals surface area contributed by atoms with E-state index in [-0.39, 0.29) is 17.6 Å². The van der Waals surface area contributed by atoms with Crippen molar-refractivity contribution in [2.45, 2.75) is 12.1 Å². The molecule has 1 aliphatic rings. The molecule has 0 spiro atoms. The van der Waals surface area contributed by atoms with Crippen molar-refractivity contribution < 1.29 is 14.3 Å². The van der Waals surface area contributed by atoms with Crippen LogP contribution in [0.3, 0.4) is 0 Å². The number of nitrogens with one attached hydrogen (secondary N) is 1. The average Bonchev–Trinajstić information content (AvgIpc) is 3.32. The van der Waals surface area contributed by atoms with Gasteiger partial charge in [0.1, 0.15) is 5.75 Å². The lowest BCUT2D eigenvalue weighted by Gasteiger charge is -2.35. The molecule has 1 aliphatic heterocycles. The van der Waals surface area contributed by atoms with Crippen molar-refractivity contribution >= 4 is 35.0 Å². The molecule has 1 fully saturated rings. The van der Waals surface area contributed by atoms with Crippen LogP contribution in [-0.4, -0.2) is 76.0 Å². The fraction of sp³-hybridized carbons (Fsp3) is 0.318. The molecule has 1 aromatic heterocycles. The molecule has 0 radical (unpaired) electrons. The number of piperazine rings is 1. The number of hydrogen-bond donors (Lipinski definition) is 1. The van der Waals surface area contributed by atoms with Crippen LogP contribution in [0.1, 0.15) is 6.92 Å². The molecule has 2 amide bonds. The number of rotatable bonds is 7. The highest BCUT2D eigenvalue weighted by molar-refractivity contribution is 7.99. The number of thioether (sulfide) groups is 1. The molecule has 0 atom stereocenters. The minimum absolute atomic E-state index is 0.114. The van der Waals surface area contributed by atoms with Crippen molar-refractivity contribution in [2.75, 3.05) is 49.3 Å². The molecule has 1 saturated heterocycles. The number of carbonyl (C=O) groups excluding carboxylic acids is 2. The van der Waals surface area contributed by atoms with E-state index in [1.807, 2.05) is 53.4 Å². The minimum Gasteiger partial charge on any atom is -0.497 e. The topological polar surface area (TPSA) is 105 Å². The summed E-state index contributed by atoms with van der Waals surface area (Å²) >= 11 is 1.26. The first-order valence-electron chi connectivity index (χ1n) is 10.5. The summed E-state index contributed by atoms with van der Waals surface area (Å²) in [6.45, 7) is 4.64. The first-order valence-corrected chi connectivity index (χ1v) is 11.5. The molecule has 33 heavy (non-hydrogen) atoms. The zero-order chi connectivity index (χ0) is 23.2. The lowest BCUT2D eigenvalue weighted by Crippen LogP contribution is -2.48. The second-order valence-corrected chi connectivity index (χ2v) is 8.39. The van der Waals surface area contributed by atoms with Crippen molar-refractivity contribution in [3.05, 3.63) is 48.5 Å². The van der Waals surface area contributed by atoms with E-state index in [1.165, 1.54) is 11.8 Å². The van der Waals surface area contributed by atoms with Crippen LogP contribution in [0.15, 0.2) is 53.7 Å². The molecule has 1 N–H and O–H groups in total. The number of methoxy groups -OCH3 is 1. The normalized spacial score (nSPS) is 13.6. The Bertz CT molecular complexity index is 1090. The summed E-state index contributed by atoms with van der Waals surface area (Å²) in [4.78, 5) is 28.0. The van der Waals surface area contributed by atoms with Gasteiger partial charge in [-0.15, -0.1) is 5.10 Å².